The van der Waals surface area contributed by atoms with Crippen molar-refractivity contribution in [3.63, 3.8) is 0 Å². The van der Waals surface area contributed by atoms with Gasteiger partial charge in [0, 0.05) is 19.2 Å². The van der Waals surface area contributed by atoms with Crippen molar-refractivity contribution in [3.8, 4) is 0 Å². The molecule has 4 heteroatoms. The van der Waals surface area contributed by atoms with Crippen LogP contribution in [0.3, 0.4) is 0 Å². The zero-order chi connectivity index (χ0) is 14.6. The van der Waals surface area contributed by atoms with Crippen molar-refractivity contribution in [2.75, 3.05) is 26.8 Å². The summed E-state index contributed by atoms with van der Waals surface area (Å²) in [5.41, 5.74) is 6.72. The van der Waals surface area contributed by atoms with Crippen LogP contribution in [0.4, 0.5) is 0 Å². The molecule has 1 fully saturated rings. The Morgan fingerprint density at radius 1 is 1.40 bits per heavy atom. The Hall–Kier alpha value is -0.940. The van der Waals surface area contributed by atoms with Gasteiger partial charge in [0.15, 0.2) is 0 Å². The molecule has 112 valence electrons. The zero-order valence-electron chi connectivity index (χ0n) is 12.5. The molecule has 0 radical (unpaired) electrons. The Morgan fingerprint density at radius 3 is 2.65 bits per heavy atom. The highest BCUT2D eigenvalue weighted by Gasteiger charge is 2.31. The Kier molecular flexibility index (Phi) is 5.16. The maximum Gasteiger partial charge on any atom is 0.0702 e. The minimum Gasteiger partial charge on any atom is -0.394 e. The fourth-order valence-electron chi connectivity index (χ4n) is 2.93. The molecule has 3 atom stereocenters. The van der Waals surface area contributed by atoms with Crippen LogP contribution in [0, 0.1) is 0 Å². The van der Waals surface area contributed by atoms with Gasteiger partial charge >= 0.3 is 0 Å². The second kappa shape index (κ2) is 6.68. The van der Waals surface area contributed by atoms with E-state index in [0.717, 1.165) is 31.6 Å². The zero-order valence-corrected chi connectivity index (χ0v) is 12.5. The monoisotopic (exact) mass is 278 g/mol. The molecule has 0 spiro atoms. The van der Waals surface area contributed by atoms with Crippen LogP contribution in [-0.4, -0.2) is 49.0 Å². The fourth-order valence-corrected chi connectivity index (χ4v) is 2.93. The Balaban J connectivity index is 1.97. The maximum absolute atomic E-state index is 9.70. The number of hydrogen-bond acceptors (Lipinski definition) is 4. The quantitative estimate of drug-likeness (QED) is 0.824. The van der Waals surface area contributed by atoms with Crippen LogP contribution in [0.5, 0.6) is 0 Å². The molecular formula is C16H26N2O2. The molecule has 0 bridgehead atoms. The third-order valence-electron chi connectivity index (χ3n) is 4.44. The summed E-state index contributed by atoms with van der Waals surface area (Å²) in [6, 6.07) is 10.3. The topological polar surface area (TPSA) is 58.7 Å². The third-order valence-corrected chi connectivity index (χ3v) is 4.44. The predicted octanol–water partition coefficient (Wildman–Crippen LogP) is 1.33. The predicted molar refractivity (Wildman–Crippen MR) is 80.5 cm³/mol. The van der Waals surface area contributed by atoms with Gasteiger partial charge < -0.3 is 20.5 Å². The minimum atomic E-state index is -0.668. The second-order valence-corrected chi connectivity index (χ2v) is 5.84. The summed E-state index contributed by atoms with van der Waals surface area (Å²) in [5.74, 6) is 0. The molecule has 20 heavy (non-hydrogen) atoms. The third kappa shape index (κ3) is 3.38. The van der Waals surface area contributed by atoms with Gasteiger partial charge in [-0.05, 0) is 32.4 Å². The lowest BCUT2D eigenvalue weighted by Gasteiger charge is -2.33. The number of likely N-dealkylation sites (N-methyl/N-ethyl adjacent to an activating group) is 1. The van der Waals surface area contributed by atoms with E-state index in [1.165, 1.54) is 0 Å². The highest BCUT2D eigenvalue weighted by Crippen LogP contribution is 2.24. The summed E-state index contributed by atoms with van der Waals surface area (Å²) >= 11 is 0. The lowest BCUT2D eigenvalue weighted by atomic mass is 9.88. The van der Waals surface area contributed by atoms with Crippen LogP contribution in [0.25, 0.3) is 0 Å². The lowest BCUT2D eigenvalue weighted by molar-refractivity contribution is 0.0779. The molecule has 1 aromatic carbocycles. The van der Waals surface area contributed by atoms with E-state index in [2.05, 4.69) is 18.9 Å². The molecule has 1 heterocycles. The first-order chi connectivity index (χ1) is 9.57. The van der Waals surface area contributed by atoms with Crippen molar-refractivity contribution in [1.29, 1.82) is 0 Å². The molecule has 0 amide bonds. The van der Waals surface area contributed by atoms with Crippen LogP contribution in [-0.2, 0) is 10.3 Å². The molecular weight excluding hydrogens is 252 g/mol. The van der Waals surface area contributed by atoms with Gasteiger partial charge in [0.25, 0.3) is 0 Å². The Morgan fingerprint density at radius 2 is 2.10 bits per heavy atom. The van der Waals surface area contributed by atoms with Crippen LogP contribution >= 0.6 is 0 Å². The van der Waals surface area contributed by atoms with Crippen LogP contribution in [0.2, 0.25) is 0 Å². The summed E-state index contributed by atoms with van der Waals surface area (Å²) in [6.45, 7) is 3.77. The summed E-state index contributed by atoms with van der Waals surface area (Å²) in [4.78, 5) is 2.30. The van der Waals surface area contributed by atoms with E-state index in [-0.39, 0.29) is 12.7 Å². The molecule has 1 aliphatic heterocycles. The average Bonchev–Trinajstić information content (AvgIpc) is 2.91. The minimum absolute atomic E-state index is 0.0401. The van der Waals surface area contributed by atoms with Gasteiger partial charge in [-0.2, -0.15) is 0 Å². The smallest absolute Gasteiger partial charge is 0.0702 e. The molecule has 1 aliphatic rings. The highest BCUT2D eigenvalue weighted by atomic mass is 16.5. The van der Waals surface area contributed by atoms with E-state index in [1.807, 2.05) is 30.3 Å². The lowest BCUT2D eigenvalue weighted by Crippen LogP contribution is -2.45. The van der Waals surface area contributed by atoms with E-state index in [1.54, 1.807) is 0 Å². The summed E-state index contributed by atoms with van der Waals surface area (Å²) < 4.78 is 5.61. The van der Waals surface area contributed by atoms with E-state index in [4.69, 9.17) is 10.5 Å². The van der Waals surface area contributed by atoms with E-state index < -0.39 is 5.54 Å². The Labute approximate surface area is 121 Å². The fraction of sp³-hybridized carbons (Fsp3) is 0.625. The number of nitrogens with two attached hydrogens (primary N) is 1. The number of aliphatic hydroxyl groups excluding tert-OH is 1. The SMILES string of the molecule is CC1OCCC1N(C)CCC(N)(CO)c1ccccc1. The molecule has 0 aliphatic carbocycles. The van der Waals surface area contributed by atoms with Gasteiger partial charge in [0.2, 0.25) is 0 Å². The molecule has 0 saturated carbocycles. The van der Waals surface area contributed by atoms with Gasteiger partial charge in [-0.15, -0.1) is 0 Å². The number of hydrogen-bond donors (Lipinski definition) is 2. The molecule has 0 aromatic heterocycles. The number of rotatable bonds is 6. The molecule has 1 saturated heterocycles. The average molecular weight is 278 g/mol. The van der Waals surface area contributed by atoms with E-state index in [9.17, 15) is 5.11 Å². The number of nitrogens with zero attached hydrogens (tertiary/aromatic N) is 1. The maximum atomic E-state index is 9.70. The molecule has 2 rings (SSSR count). The molecule has 1 aromatic rings. The number of ether oxygens (including phenoxy) is 1. The highest BCUT2D eigenvalue weighted by molar-refractivity contribution is 5.24. The van der Waals surface area contributed by atoms with Gasteiger partial charge in [0.1, 0.15) is 0 Å². The summed E-state index contributed by atoms with van der Waals surface area (Å²) in [6.07, 6.45) is 2.07. The second-order valence-electron chi connectivity index (χ2n) is 5.84. The summed E-state index contributed by atoms with van der Waals surface area (Å²) in [5, 5.41) is 9.70. The van der Waals surface area contributed by atoms with Crippen LogP contribution < -0.4 is 5.73 Å². The van der Waals surface area contributed by atoms with Gasteiger partial charge in [-0.3, -0.25) is 0 Å². The normalized spacial score (nSPS) is 25.9. The van der Waals surface area contributed by atoms with Crippen LogP contribution in [0.15, 0.2) is 30.3 Å². The van der Waals surface area contributed by atoms with Crippen molar-refractivity contribution >= 4 is 0 Å². The first kappa shape index (κ1) is 15.4. The summed E-state index contributed by atoms with van der Waals surface area (Å²) in [7, 11) is 2.11. The van der Waals surface area contributed by atoms with E-state index >= 15 is 0 Å². The molecule has 3 unspecified atom stereocenters. The standard InChI is InChI=1S/C16H26N2O2/c1-13-15(8-11-20-13)18(2)10-9-16(17,12-19)14-6-4-3-5-7-14/h3-7,13,15,19H,8-12,17H2,1-2H3. The van der Waals surface area contributed by atoms with Crippen LogP contribution in [0.1, 0.15) is 25.3 Å². The largest absolute Gasteiger partial charge is 0.394 e. The van der Waals surface area contributed by atoms with Crippen molar-refractivity contribution in [1.82, 2.24) is 4.90 Å². The van der Waals surface area contributed by atoms with Gasteiger partial charge in [0.05, 0.1) is 18.2 Å². The van der Waals surface area contributed by atoms with E-state index in [0.29, 0.717) is 6.04 Å². The van der Waals surface area contributed by atoms with Gasteiger partial charge in [-0.25, -0.2) is 0 Å². The Bertz CT molecular complexity index is 412. The van der Waals surface area contributed by atoms with Crippen molar-refractivity contribution in [2.24, 2.45) is 5.73 Å². The molecule has 4 nitrogen and oxygen atoms in total. The number of benzene rings is 1. The first-order valence-corrected chi connectivity index (χ1v) is 7.34. The first-order valence-electron chi connectivity index (χ1n) is 7.34. The number of aliphatic hydroxyl groups is 1. The van der Waals surface area contributed by atoms with Crippen molar-refractivity contribution < 1.29 is 9.84 Å². The van der Waals surface area contributed by atoms with Crippen molar-refractivity contribution in [2.45, 2.75) is 37.5 Å². The van der Waals surface area contributed by atoms with Gasteiger partial charge in [-0.1, -0.05) is 30.3 Å². The van der Waals surface area contributed by atoms with Crippen molar-refractivity contribution in [3.05, 3.63) is 35.9 Å². The molecule has 3 N–H and O–H groups in total.